The molecule has 2 heterocycles. The molecule has 1 N–H and O–H groups in total. The van der Waals surface area contributed by atoms with E-state index in [1.807, 2.05) is 24.3 Å². The number of benzene rings is 1. The lowest BCUT2D eigenvalue weighted by Crippen LogP contribution is -2.14. The average Bonchev–Trinajstić information content (AvgIpc) is 2.96. The molecule has 0 fully saturated rings. The number of nitrogens with zero attached hydrogens (tertiary/aromatic N) is 3. The van der Waals surface area contributed by atoms with Gasteiger partial charge in [-0.15, -0.1) is 11.3 Å². The van der Waals surface area contributed by atoms with Gasteiger partial charge in [0.05, 0.1) is 22.8 Å². The number of hydrogen-bond donors (Lipinski definition) is 1. The van der Waals surface area contributed by atoms with Gasteiger partial charge in [-0.1, -0.05) is 25.0 Å². The van der Waals surface area contributed by atoms with Crippen molar-refractivity contribution in [3.8, 4) is 6.07 Å². The Kier molecular flexibility index (Phi) is 4.63. The Bertz CT molecular complexity index is 1020. The quantitative estimate of drug-likeness (QED) is 0.729. The Morgan fingerprint density at radius 3 is 2.69 bits per heavy atom. The van der Waals surface area contributed by atoms with Gasteiger partial charge in [-0.05, 0) is 43.4 Å². The number of carbonyl (C=O) groups excluding carboxylic acids is 1. The van der Waals surface area contributed by atoms with Gasteiger partial charge in [-0.25, -0.2) is 4.98 Å². The third kappa shape index (κ3) is 3.18. The Balaban J connectivity index is 1.64. The Hall–Kier alpha value is -2.78. The molecule has 0 atom stereocenters. The zero-order valence-electron chi connectivity index (χ0n) is 14.3. The van der Waals surface area contributed by atoms with Gasteiger partial charge in [0.2, 0.25) is 0 Å². The number of anilines is 1. The van der Waals surface area contributed by atoms with Gasteiger partial charge in [0, 0.05) is 4.88 Å². The van der Waals surface area contributed by atoms with Crippen molar-refractivity contribution in [1.82, 2.24) is 9.97 Å². The van der Waals surface area contributed by atoms with E-state index >= 15 is 0 Å². The van der Waals surface area contributed by atoms with Crippen LogP contribution in [0.2, 0.25) is 0 Å². The molecule has 0 spiro atoms. The molecule has 1 amide bonds. The van der Waals surface area contributed by atoms with Gasteiger partial charge in [-0.2, -0.15) is 5.26 Å². The summed E-state index contributed by atoms with van der Waals surface area (Å²) in [5, 5.41) is 13.2. The number of thiophene rings is 1. The van der Waals surface area contributed by atoms with Crippen LogP contribution in [-0.4, -0.2) is 15.9 Å². The first-order valence-corrected chi connectivity index (χ1v) is 9.65. The fourth-order valence-corrected chi connectivity index (χ4v) is 4.59. The maximum Gasteiger partial charge on any atom is 0.276 e. The summed E-state index contributed by atoms with van der Waals surface area (Å²) >= 11 is 1.53. The molecule has 0 unspecified atom stereocenters. The van der Waals surface area contributed by atoms with Crippen LogP contribution in [0.1, 0.15) is 52.2 Å². The van der Waals surface area contributed by atoms with E-state index in [4.69, 9.17) is 0 Å². The van der Waals surface area contributed by atoms with E-state index < -0.39 is 0 Å². The Morgan fingerprint density at radius 1 is 1.12 bits per heavy atom. The summed E-state index contributed by atoms with van der Waals surface area (Å²) in [6, 6.07) is 9.74. The number of carbonyl (C=O) groups is 1. The van der Waals surface area contributed by atoms with E-state index in [9.17, 15) is 10.1 Å². The summed E-state index contributed by atoms with van der Waals surface area (Å²) in [7, 11) is 0. The summed E-state index contributed by atoms with van der Waals surface area (Å²) in [6.07, 6.45) is 8.06. The molecule has 1 aliphatic carbocycles. The number of para-hydroxylation sites is 2. The van der Waals surface area contributed by atoms with E-state index in [-0.39, 0.29) is 11.6 Å². The van der Waals surface area contributed by atoms with Crippen LogP contribution in [-0.2, 0) is 12.8 Å². The second-order valence-electron chi connectivity index (χ2n) is 6.43. The number of nitriles is 1. The summed E-state index contributed by atoms with van der Waals surface area (Å²) in [4.78, 5) is 22.6. The first-order valence-electron chi connectivity index (χ1n) is 8.84. The van der Waals surface area contributed by atoms with Crippen molar-refractivity contribution in [3.63, 3.8) is 0 Å². The molecule has 4 rings (SSSR count). The third-order valence-corrected chi connectivity index (χ3v) is 5.90. The smallest absolute Gasteiger partial charge is 0.276 e. The van der Waals surface area contributed by atoms with E-state index in [2.05, 4.69) is 21.4 Å². The molecule has 0 saturated heterocycles. The molecule has 6 heteroatoms. The van der Waals surface area contributed by atoms with Crippen molar-refractivity contribution < 1.29 is 4.79 Å². The molecule has 1 aliphatic rings. The highest BCUT2D eigenvalue weighted by Crippen LogP contribution is 2.36. The van der Waals surface area contributed by atoms with Crippen molar-refractivity contribution in [2.24, 2.45) is 0 Å². The van der Waals surface area contributed by atoms with Crippen LogP contribution >= 0.6 is 11.3 Å². The molecule has 5 nitrogen and oxygen atoms in total. The van der Waals surface area contributed by atoms with Gasteiger partial charge < -0.3 is 5.32 Å². The van der Waals surface area contributed by atoms with Crippen LogP contribution in [0.3, 0.4) is 0 Å². The van der Waals surface area contributed by atoms with Crippen LogP contribution in [0.5, 0.6) is 0 Å². The van der Waals surface area contributed by atoms with E-state index in [1.54, 1.807) is 0 Å². The highest BCUT2D eigenvalue weighted by Gasteiger charge is 2.21. The van der Waals surface area contributed by atoms with E-state index in [0.717, 1.165) is 36.8 Å². The normalized spacial score (nSPS) is 14.1. The van der Waals surface area contributed by atoms with Crippen LogP contribution in [0.15, 0.2) is 30.5 Å². The number of fused-ring (bicyclic) bond motifs is 2. The molecular weight excluding hydrogens is 344 g/mol. The number of rotatable bonds is 2. The van der Waals surface area contributed by atoms with Gasteiger partial charge in [0.1, 0.15) is 16.8 Å². The van der Waals surface area contributed by atoms with Crippen LogP contribution < -0.4 is 5.32 Å². The first-order chi connectivity index (χ1) is 12.8. The third-order valence-electron chi connectivity index (χ3n) is 4.69. The summed E-state index contributed by atoms with van der Waals surface area (Å²) in [5.41, 5.74) is 3.43. The number of nitrogens with one attached hydrogen (secondary N) is 1. The molecule has 0 radical (unpaired) electrons. The van der Waals surface area contributed by atoms with Crippen molar-refractivity contribution in [3.05, 3.63) is 52.2 Å². The lowest BCUT2D eigenvalue weighted by molar-refractivity contribution is 0.102. The maximum absolute atomic E-state index is 12.7. The van der Waals surface area contributed by atoms with Gasteiger partial charge in [-0.3, -0.25) is 9.78 Å². The standard InChI is InChI=1S/C20H18N4OS/c21-11-14-13-7-3-1-2-4-10-18(13)26-20(14)24-19(25)17-12-22-15-8-5-6-9-16(15)23-17/h5-6,8-9,12H,1-4,7,10H2,(H,24,25). The van der Waals surface area contributed by atoms with Crippen molar-refractivity contribution in [2.45, 2.75) is 38.5 Å². The predicted octanol–water partition coefficient (Wildman–Crippen LogP) is 4.47. The van der Waals surface area contributed by atoms with Crippen LogP contribution in [0, 0.1) is 11.3 Å². The maximum atomic E-state index is 12.7. The number of amides is 1. The number of aryl methyl sites for hydroxylation is 1. The molecule has 26 heavy (non-hydrogen) atoms. The van der Waals surface area contributed by atoms with Gasteiger partial charge in [0.25, 0.3) is 5.91 Å². The fourth-order valence-electron chi connectivity index (χ4n) is 3.36. The second kappa shape index (κ2) is 7.22. The Labute approximate surface area is 155 Å². The van der Waals surface area contributed by atoms with Crippen molar-refractivity contribution in [1.29, 1.82) is 5.26 Å². The summed E-state index contributed by atoms with van der Waals surface area (Å²) in [5.74, 6) is -0.325. The first kappa shape index (κ1) is 16.7. The lowest BCUT2D eigenvalue weighted by atomic mass is 9.97. The lowest BCUT2D eigenvalue weighted by Gasteiger charge is -2.08. The molecule has 1 aromatic carbocycles. The monoisotopic (exact) mass is 362 g/mol. The summed E-state index contributed by atoms with van der Waals surface area (Å²) < 4.78 is 0. The SMILES string of the molecule is N#Cc1c(NC(=O)c2cnc3ccccc3n2)sc2c1CCCCCC2. The molecule has 130 valence electrons. The van der Waals surface area contributed by atoms with E-state index in [0.29, 0.717) is 16.1 Å². The van der Waals surface area contributed by atoms with Crippen LogP contribution in [0.25, 0.3) is 11.0 Å². The van der Waals surface area contributed by atoms with Crippen molar-refractivity contribution >= 4 is 33.3 Å². The molecule has 3 aromatic rings. The largest absolute Gasteiger partial charge is 0.311 e. The highest BCUT2D eigenvalue weighted by atomic mass is 32.1. The molecule has 2 aromatic heterocycles. The minimum absolute atomic E-state index is 0.258. The zero-order valence-corrected chi connectivity index (χ0v) is 15.1. The highest BCUT2D eigenvalue weighted by molar-refractivity contribution is 7.16. The second-order valence-corrected chi connectivity index (χ2v) is 7.54. The van der Waals surface area contributed by atoms with E-state index in [1.165, 1.54) is 35.3 Å². The minimum atomic E-state index is -0.325. The fraction of sp³-hybridized carbons (Fsp3) is 0.300. The minimum Gasteiger partial charge on any atom is -0.311 e. The topological polar surface area (TPSA) is 78.7 Å². The molecular formula is C20H18N4OS. The number of aromatic nitrogens is 2. The average molecular weight is 362 g/mol. The van der Waals surface area contributed by atoms with Crippen molar-refractivity contribution in [2.75, 3.05) is 5.32 Å². The molecule has 0 saturated carbocycles. The zero-order chi connectivity index (χ0) is 17.9. The predicted molar refractivity (Wildman–Crippen MR) is 102 cm³/mol. The van der Waals surface area contributed by atoms with Gasteiger partial charge in [0.15, 0.2) is 0 Å². The summed E-state index contributed by atoms with van der Waals surface area (Å²) in [6.45, 7) is 0. The molecule has 0 bridgehead atoms. The Morgan fingerprint density at radius 2 is 1.88 bits per heavy atom. The number of hydrogen-bond acceptors (Lipinski definition) is 5. The van der Waals surface area contributed by atoms with Crippen LogP contribution in [0.4, 0.5) is 5.00 Å². The molecule has 0 aliphatic heterocycles. The van der Waals surface area contributed by atoms with Gasteiger partial charge >= 0.3 is 0 Å².